The van der Waals surface area contributed by atoms with Crippen LogP contribution in [0, 0.1) is 12.8 Å². The number of benzene rings is 1. The molecule has 0 aliphatic carbocycles. The Hall–Kier alpha value is -1.49. The van der Waals surface area contributed by atoms with Crippen molar-refractivity contribution in [3.8, 4) is 0 Å². The Morgan fingerprint density at radius 3 is 2.56 bits per heavy atom. The molecule has 2 aliphatic rings. The number of aryl methyl sites for hydroxylation is 1. The Labute approximate surface area is 154 Å². The van der Waals surface area contributed by atoms with E-state index in [1.165, 1.54) is 10.5 Å². The zero-order valence-corrected chi connectivity index (χ0v) is 16.2. The lowest BCUT2D eigenvalue weighted by Crippen LogP contribution is -2.43. The third kappa shape index (κ3) is 4.38. The molecule has 1 aromatic carbocycles. The number of likely N-dealkylation sites (tertiary alicyclic amines) is 2. The van der Waals surface area contributed by atoms with Gasteiger partial charge >= 0.3 is 0 Å². The van der Waals surface area contributed by atoms with Gasteiger partial charge in [0.1, 0.15) is 0 Å². The monoisotopic (exact) mass is 360 g/mol. The highest BCUT2D eigenvalue weighted by Crippen LogP contribution is 2.32. The van der Waals surface area contributed by atoms with Gasteiger partial charge in [0.15, 0.2) is 0 Å². The van der Waals surface area contributed by atoms with Crippen LogP contribution in [0.5, 0.6) is 0 Å². The van der Waals surface area contributed by atoms with Gasteiger partial charge in [-0.3, -0.25) is 9.59 Å². The highest BCUT2D eigenvalue weighted by Gasteiger charge is 2.38. The van der Waals surface area contributed by atoms with Crippen LogP contribution in [0.2, 0.25) is 0 Å². The van der Waals surface area contributed by atoms with Crippen molar-refractivity contribution in [2.45, 2.75) is 56.2 Å². The van der Waals surface area contributed by atoms with Crippen molar-refractivity contribution >= 4 is 23.6 Å². The number of thioether (sulfide) groups is 1. The molecular weight excluding hydrogens is 332 g/mol. The average Bonchev–Trinajstić information content (AvgIpc) is 2.97. The summed E-state index contributed by atoms with van der Waals surface area (Å²) in [5.41, 5.74) is 1.29. The van der Waals surface area contributed by atoms with Gasteiger partial charge in [0, 0.05) is 42.2 Å². The van der Waals surface area contributed by atoms with Crippen LogP contribution < -0.4 is 0 Å². The summed E-state index contributed by atoms with van der Waals surface area (Å²) in [7, 11) is 0. The first-order chi connectivity index (χ1) is 11.9. The van der Waals surface area contributed by atoms with Gasteiger partial charge in [-0.1, -0.05) is 17.7 Å². The van der Waals surface area contributed by atoms with Crippen LogP contribution in [0.1, 0.15) is 38.7 Å². The molecule has 5 heteroatoms. The molecular formula is C20H28N2O2S. The SMILES string of the molecule is Cc1cccc(SC2CCN(C(=O)[C@@H]3CC(=O)N(C(C)C)C3)CC2)c1. The maximum atomic E-state index is 12.8. The molecule has 0 radical (unpaired) electrons. The molecule has 0 bridgehead atoms. The van der Waals surface area contributed by atoms with Crippen molar-refractivity contribution in [3.05, 3.63) is 29.8 Å². The summed E-state index contributed by atoms with van der Waals surface area (Å²) < 4.78 is 0. The minimum absolute atomic E-state index is 0.123. The van der Waals surface area contributed by atoms with E-state index in [0.29, 0.717) is 18.2 Å². The van der Waals surface area contributed by atoms with Crippen LogP contribution in [0.25, 0.3) is 0 Å². The maximum Gasteiger partial charge on any atom is 0.227 e. The van der Waals surface area contributed by atoms with Gasteiger partial charge in [0.2, 0.25) is 11.8 Å². The topological polar surface area (TPSA) is 40.6 Å². The van der Waals surface area contributed by atoms with Gasteiger partial charge in [0.25, 0.3) is 0 Å². The predicted molar refractivity (Wildman–Crippen MR) is 102 cm³/mol. The number of carbonyl (C=O) groups excluding carboxylic acids is 2. The number of amides is 2. The zero-order valence-electron chi connectivity index (χ0n) is 15.4. The average molecular weight is 361 g/mol. The lowest BCUT2D eigenvalue weighted by Gasteiger charge is -2.33. The van der Waals surface area contributed by atoms with Crippen LogP contribution >= 0.6 is 11.8 Å². The number of hydrogen-bond donors (Lipinski definition) is 0. The van der Waals surface area contributed by atoms with Gasteiger partial charge in [0.05, 0.1) is 5.92 Å². The van der Waals surface area contributed by atoms with Crippen molar-refractivity contribution in [1.82, 2.24) is 9.80 Å². The highest BCUT2D eigenvalue weighted by molar-refractivity contribution is 8.00. The summed E-state index contributed by atoms with van der Waals surface area (Å²) in [4.78, 5) is 29.9. The van der Waals surface area contributed by atoms with Gasteiger partial charge in [-0.25, -0.2) is 0 Å². The number of piperidine rings is 1. The zero-order chi connectivity index (χ0) is 18.0. The molecule has 136 valence electrons. The van der Waals surface area contributed by atoms with Crippen molar-refractivity contribution in [2.24, 2.45) is 5.92 Å². The first-order valence-corrected chi connectivity index (χ1v) is 10.1. The van der Waals surface area contributed by atoms with E-state index in [-0.39, 0.29) is 23.8 Å². The first-order valence-electron chi connectivity index (χ1n) is 9.25. The van der Waals surface area contributed by atoms with E-state index in [2.05, 4.69) is 31.2 Å². The number of hydrogen-bond acceptors (Lipinski definition) is 3. The Kier molecular flexibility index (Phi) is 5.72. The Bertz CT molecular complexity index is 638. The van der Waals surface area contributed by atoms with E-state index >= 15 is 0 Å². The molecule has 2 fully saturated rings. The lowest BCUT2D eigenvalue weighted by molar-refractivity contribution is -0.136. The smallest absolute Gasteiger partial charge is 0.227 e. The molecule has 4 nitrogen and oxygen atoms in total. The lowest BCUT2D eigenvalue weighted by atomic mass is 10.0. The summed E-state index contributed by atoms with van der Waals surface area (Å²) in [6.45, 7) is 8.36. The minimum Gasteiger partial charge on any atom is -0.342 e. The van der Waals surface area contributed by atoms with Gasteiger partial charge in [-0.2, -0.15) is 0 Å². The van der Waals surface area contributed by atoms with E-state index in [0.717, 1.165) is 25.9 Å². The van der Waals surface area contributed by atoms with Crippen molar-refractivity contribution in [2.75, 3.05) is 19.6 Å². The van der Waals surface area contributed by atoms with E-state index in [1.54, 1.807) is 0 Å². The summed E-state index contributed by atoms with van der Waals surface area (Å²) in [6.07, 6.45) is 2.44. The van der Waals surface area contributed by atoms with E-state index in [1.807, 2.05) is 35.4 Å². The fourth-order valence-corrected chi connectivity index (χ4v) is 4.97. The van der Waals surface area contributed by atoms with Gasteiger partial charge < -0.3 is 9.80 Å². The third-order valence-corrected chi connectivity index (χ3v) is 6.51. The maximum absolute atomic E-state index is 12.8. The van der Waals surface area contributed by atoms with Crippen molar-refractivity contribution in [1.29, 1.82) is 0 Å². The van der Waals surface area contributed by atoms with Crippen LogP contribution in [-0.2, 0) is 9.59 Å². The molecule has 0 aromatic heterocycles. The normalized spacial score (nSPS) is 22.1. The summed E-state index contributed by atoms with van der Waals surface area (Å²) in [5, 5.41) is 0.572. The van der Waals surface area contributed by atoms with E-state index < -0.39 is 0 Å². The minimum atomic E-state index is -0.143. The van der Waals surface area contributed by atoms with E-state index in [4.69, 9.17) is 0 Å². The van der Waals surface area contributed by atoms with Crippen LogP contribution in [0.15, 0.2) is 29.2 Å². The fraction of sp³-hybridized carbons (Fsp3) is 0.600. The first kappa shape index (κ1) is 18.3. The molecule has 0 unspecified atom stereocenters. The molecule has 3 rings (SSSR count). The Morgan fingerprint density at radius 1 is 1.24 bits per heavy atom. The molecule has 0 saturated carbocycles. The molecule has 2 aliphatic heterocycles. The Morgan fingerprint density at radius 2 is 1.96 bits per heavy atom. The molecule has 1 atom stereocenters. The van der Waals surface area contributed by atoms with Gasteiger partial charge in [-0.05, 0) is 45.7 Å². The Balaban J connectivity index is 1.50. The summed E-state index contributed by atoms with van der Waals surface area (Å²) in [5.74, 6) is 0.157. The second-order valence-corrected chi connectivity index (χ2v) is 8.87. The number of nitrogens with zero attached hydrogens (tertiary/aromatic N) is 2. The quantitative estimate of drug-likeness (QED) is 0.827. The molecule has 2 saturated heterocycles. The third-order valence-electron chi connectivity index (χ3n) is 5.18. The van der Waals surface area contributed by atoms with E-state index in [9.17, 15) is 9.59 Å². The van der Waals surface area contributed by atoms with Gasteiger partial charge in [-0.15, -0.1) is 11.8 Å². The largest absolute Gasteiger partial charge is 0.342 e. The van der Waals surface area contributed by atoms with Crippen LogP contribution in [0.4, 0.5) is 0 Å². The summed E-state index contributed by atoms with van der Waals surface area (Å²) in [6, 6.07) is 8.80. The molecule has 25 heavy (non-hydrogen) atoms. The summed E-state index contributed by atoms with van der Waals surface area (Å²) >= 11 is 1.93. The standard InChI is InChI=1S/C20H28N2O2S/c1-14(2)22-13-16(12-19(22)23)20(24)21-9-7-17(8-10-21)25-18-6-4-5-15(3)11-18/h4-6,11,14,16-17H,7-10,12-13H2,1-3H3/t16-/m1/s1. The van der Waals surface area contributed by atoms with Crippen molar-refractivity contribution in [3.63, 3.8) is 0 Å². The van der Waals surface area contributed by atoms with Crippen LogP contribution in [-0.4, -0.2) is 52.5 Å². The molecule has 0 N–H and O–H groups in total. The number of carbonyl (C=O) groups is 2. The second kappa shape index (κ2) is 7.81. The molecule has 1 aromatic rings. The molecule has 2 amide bonds. The number of rotatable bonds is 4. The highest BCUT2D eigenvalue weighted by atomic mass is 32.2. The second-order valence-electron chi connectivity index (χ2n) is 7.50. The predicted octanol–water partition coefficient (Wildman–Crippen LogP) is 3.34. The van der Waals surface area contributed by atoms with Crippen molar-refractivity contribution < 1.29 is 9.59 Å². The van der Waals surface area contributed by atoms with Crippen LogP contribution in [0.3, 0.4) is 0 Å². The molecule has 2 heterocycles. The fourth-order valence-electron chi connectivity index (χ4n) is 3.73. The molecule has 0 spiro atoms.